The number of hydrogen-bond donors (Lipinski definition) is 0. The summed E-state index contributed by atoms with van der Waals surface area (Å²) in [4.78, 5) is 16.4. The lowest BCUT2D eigenvalue weighted by atomic mass is 9.83. The van der Waals surface area contributed by atoms with Crippen LogP contribution < -0.4 is 0 Å². The molecule has 0 aliphatic carbocycles. The maximum atomic E-state index is 11.6. The van der Waals surface area contributed by atoms with Crippen LogP contribution in [0.1, 0.15) is 25.3 Å². The summed E-state index contributed by atoms with van der Waals surface area (Å²) in [6.07, 6.45) is 3.76. The van der Waals surface area contributed by atoms with Crippen molar-refractivity contribution in [1.29, 1.82) is 0 Å². The largest absolute Gasteiger partial charge is 0.304 e. The Morgan fingerprint density at radius 1 is 1.25 bits per heavy atom. The molecule has 1 heterocycles. The summed E-state index contributed by atoms with van der Waals surface area (Å²) >= 11 is 0. The molecule has 0 radical (unpaired) electrons. The third-order valence-corrected chi connectivity index (χ3v) is 4.29. The second kappa shape index (κ2) is 7.00. The number of likely N-dealkylation sites (N-methyl/N-ethyl adjacent to an activating group) is 1. The summed E-state index contributed by atoms with van der Waals surface area (Å²) in [5, 5.41) is 0. The molecule has 1 saturated heterocycles. The second-order valence-electron chi connectivity index (χ2n) is 6.19. The third kappa shape index (κ3) is 3.90. The molecule has 0 saturated carbocycles. The Balaban J connectivity index is 1.90. The minimum Gasteiger partial charge on any atom is -0.304 e. The molecule has 0 N–H and O–H groups in total. The highest BCUT2D eigenvalue weighted by Gasteiger charge is 2.27. The van der Waals surface area contributed by atoms with Gasteiger partial charge in [0, 0.05) is 19.6 Å². The zero-order chi connectivity index (χ0) is 14.4. The van der Waals surface area contributed by atoms with Gasteiger partial charge in [-0.25, -0.2) is 0 Å². The normalized spacial score (nSPS) is 19.1. The van der Waals surface area contributed by atoms with Crippen molar-refractivity contribution in [3.8, 4) is 0 Å². The van der Waals surface area contributed by atoms with Crippen molar-refractivity contribution in [3.05, 3.63) is 35.9 Å². The molecule has 1 unspecified atom stereocenters. The van der Waals surface area contributed by atoms with Gasteiger partial charge in [0.2, 0.25) is 0 Å². The molecule has 1 aliphatic heterocycles. The Bertz CT molecular complexity index is 414. The number of aldehydes is 1. The number of likely N-dealkylation sites (tertiary alicyclic amines) is 1. The predicted octanol–water partition coefficient (Wildman–Crippen LogP) is 2.17. The minimum atomic E-state index is -0.416. The minimum absolute atomic E-state index is 0.416. The highest BCUT2D eigenvalue weighted by Crippen LogP contribution is 2.22. The van der Waals surface area contributed by atoms with E-state index < -0.39 is 5.41 Å². The molecule has 3 nitrogen and oxygen atoms in total. The van der Waals surface area contributed by atoms with E-state index in [9.17, 15) is 4.79 Å². The van der Waals surface area contributed by atoms with Gasteiger partial charge >= 0.3 is 0 Å². The summed E-state index contributed by atoms with van der Waals surface area (Å²) in [7, 11) is 2.11. The van der Waals surface area contributed by atoms with Crippen LogP contribution in [0.5, 0.6) is 0 Å². The Morgan fingerprint density at radius 3 is 2.50 bits per heavy atom. The van der Waals surface area contributed by atoms with Crippen molar-refractivity contribution < 1.29 is 4.79 Å². The quantitative estimate of drug-likeness (QED) is 0.712. The molecule has 1 atom stereocenters. The van der Waals surface area contributed by atoms with Crippen LogP contribution in [0.15, 0.2) is 30.3 Å². The van der Waals surface area contributed by atoms with E-state index in [0.717, 1.165) is 31.5 Å². The molecule has 3 heteroatoms. The molecule has 0 amide bonds. The highest BCUT2D eigenvalue weighted by atomic mass is 16.1. The van der Waals surface area contributed by atoms with E-state index in [1.165, 1.54) is 25.9 Å². The third-order valence-electron chi connectivity index (χ3n) is 4.29. The Kier molecular flexibility index (Phi) is 5.32. The summed E-state index contributed by atoms with van der Waals surface area (Å²) in [6.45, 7) is 7.40. The van der Waals surface area contributed by atoms with Gasteiger partial charge in [-0.15, -0.1) is 0 Å². The van der Waals surface area contributed by atoms with Crippen LogP contribution in [-0.4, -0.2) is 55.9 Å². The SMILES string of the molecule is CN(CCN1CCCC1)CC(C)(C=O)c1ccccc1. The molecule has 1 fully saturated rings. The molecular weight excluding hydrogens is 248 g/mol. The average Bonchev–Trinajstić information content (AvgIpc) is 2.99. The second-order valence-corrected chi connectivity index (χ2v) is 6.19. The number of nitrogens with zero attached hydrogens (tertiary/aromatic N) is 2. The Morgan fingerprint density at radius 2 is 1.90 bits per heavy atom. The molecule has 1 aromatic carbocycles. The van der Waals surface area contributed by atoms with Gasteiger partial charge in [0.1, 0.15) is 6.29 Å². The number of benzene rings is 1. The molecule has 0 bridgehead atoms. The van der Waals surface area contributed by atoms with Crippen molar-refractivity contribution in [2.24, 2.45) is 0 Å². The monoisotopic (exact) mass is 274 g/mol. The first-order chi connectivity index (χ1) is 9.64. The van der Waals surface area contributed by atoms with Gasteiger partial charge in [0.05, 0.1) is 5.41 Å². The van der Waals surface area contributed by atoms with E-state index in [2.05, 4.69) is 16.8 Å². The average molecular weight is 274 g/mol. The molecule has 20 heavy (non-hydrogen) atoms. The summed E-state index contributed by atoms with van der Waals surface area (Å²) < 4.78 is 0. The van der Waals surface area contributed by atoms with E-state index in [4.69, 9.17) is 0 Å². The van der Waals surface area contributed by atoms with Crippen molar-refractivity contribution in [1.82, 2.24) is 9.80 Å². The Hall–Kier alpha value is -1.19. The number of carbonyl (C=O) groups excluding carboxylic acids is 1. The van der Waals surface area contributed by atoms with Crippen LogP contribution in [0.2, 0.25) is 0 Å². The van der Waals surface area contributed by atoms with Crippen molar-refractivity contribution in [2.45, 2.75) is 25.2 Å². The fraction of sp³-hybridized carbons (Fsp3) is 0.588. The van der Waals surface area contributed by atoms with Gasteiger partial charge in [-0.05, 0) is 45.5 Å². The highest BCUT2D eigenvalue weighted by molar-refractivity contribution is 5.68. The van der Waals surface area contributed by atoms with Gasteiger partial charge in [0.25, 0.3) is 0 Å². The zero-order valence-electron chi connectivity index (χ0n) is 12.7. The molecule has 0 aromatic heterocycles. The Labute approximate surface area is 122 Å². The maximum absolute atomic E-state index is 11.6. The number of rotatable bonds is 7. The van der Waals surface area contributed by atoms with Gasteiger partial charge < -0.3 is 14.6 Å². The number of hydrogen-bond acceptors (Lipinski definition) is 3. The molecule has 2 rings (SSSR count). The van der Waals surface area contributed by atoms with E-state index in [0.29, 0.717) is 0 Å². The van der Waals surface area contributed by atoms with Crippen molar-refractivity contribution in [3.63, 3.8) is 0 Å². The smallest absolute Gasteiger partial charge is 0.131 e. The van der Waals surface area contributed by atoms with E-state index in [1.807, 2.05) is 37.3 Å². The van der Waals surface area contributed by atoms with Crippen LogP contribution in [0.3, 0.4) is 0 Å². The fourth-order valence-corrected chi connectivity index (χ4v) is 2.97. The van der Waals surface area contributed by atoms with Crippen molar-refractivity contribution in [2.75, 3.05) is 39.8 Å². The predicted molar refractivity (Wildman–Crippen MR) is 83.0 cm³/mol. The van der Waals surface area contributed by atoms with Crippen LogP contribution in [-0.2, 0) is 10.2 Å². The van der Waals surface area contributed by atoms with Crippen LogP contribution in [0.4, 0.5) is 0 Å². The maximum Gasteiger partial charge on any atom is 0.131 e. The first-order valence-electron chi connectivity index (χ1n) is 7.57. The summed E-state index contributed by atoms with van der Waals surface area (Å²) in [6, 6.07) is 10.1. The van der Waals surface area contributed by atoms with E-state index in [1.54, 1.807) is 0 Å². The lowest BCUT2D eigenvalue weighted by Gasteiger charge is -2.30. The summed E-state index contributed by atoms with van der Waals surface area (Å²) in [5.41, 5.74) is 0.684. The standard InChI is InChI=1S/C17H26N2O/c1-17(15-20,16-8-4-3-5-9-16)14-18(2)12-13-19-10-6-7-11-19/h3-5,8-9,15H,6-7,10-14H2,1-2H3. The first kappa shape index (κ1) is 15.2. The van der Waals surface area contributed by atoms with E-state index >= 15 is 0 Å². The number of carbonyl (C=O) groups is 1. The van der Waals surface area contributed by atoms with Crippen LogP contribution >= 0.6 is 0 Å². The lowest BCUT2D eigenvalue weighted by Crippen LogP contribution is -2.41. The molecular formula is C17H26N2O. The molecule has 1 aliphatic rings. The van der Waals surface area contributed by atoms with Crippen molar-refractivity contribution >= 4 is 6.29 Å². The fourth-order valence-electron chi connectivity index (χ4n) is 2.97. The lowest BCUT2D eigenvalue weighted by molar-refractivity contribution is -0.112. The van der Waals surface area contributed by atoms with Gasteiger partial charge in [-0.2, -0.15) is 0 Å². The van der Waals surface area contributed by atoms with Gasteiger partial charge in [-0.3, -0.25) is 0 Å². The molecule has 110 valence electrons. The van der Waals surface area contributed by atoms with E-state index in [-0.39, 0.29) is 0 Å². The summed E-state index contributed by atoms with van der Waals surface area (Å²) in [5.74, 6) is 0. The zero-order valence-corrected chi connectivity index (χ0v) is 12.7. The topological polar surface area (TPSA) is 23.6 Å². The molecule has 0 spiro atoms. The van der Waals surface area contributed by atoms with Crippen LogP contribution in [0.25, 0.3) is 0 Å². The van der Waals surface area contributed by atoms with Gasteiger partial charge in [-0.1, -0.05) is 30.3 Å². The molecule has 1 aromatic rings. The first-order valence-corrected chi connectivity index (χ1v) is 7.57. The van der Waals surface area contributed by atoms with Crippen LogP contribution in [0, 0.1) is 0 Å². The van der Waals surface area contributed by atoms with Gasteiger partial charge in [0.15, 0.2) is 0 Å².